The fourth-order valence-corrected chi connectivity index (χ4v) is 2.93. The first-order valence-electron chi connectivity index (χ1n) is 9.54. The number of carboxylic acid groups (broad SMARTS) is 3. The minimum atomic E-state index is -1.10. The Labute approximate surface area is 179 Å². The SMILES string of the molecule is CCc1cc(C(=O)O)cc(C(=O)O)c1C.Cc1ccc(Cn2ccc(C(=O)O)n2)cc1. The molecule has 3 aromatic rings. The highest BCUT2D eigenvalue weighted by molar-refractivity contribution is 5.95. The van der Waals surface area contributed by atoms with Crippen molar-refractivity contribution in [2.24, 2.45) is 0 Å². The number of carbonyl (C=O) groups is 3. The van der Waals surface area contributed by atoms with Crippen molar-refractivity contribution in [3.8, 4) is 0 Å². The van der Waals surface area contributed by atoms with E-state index in [1.807, 2.05) is 38.1 Å². The quantitative estimate of drug-likeness (QED) is 0.547. The van der Waals surface area contributed by atoms with Gasteiger partial charge >= 0.3 is 17.9 Å². The molecule has 8 nitrogen and oxygen atoms in total. The van der Waals surface area contributed by atoms with Gasteiger partial charge in [-0.15, -0.1) is 0 Å². The third-order valence-electron chi connectivity index (χ3n) is 4.70. The summed E-state index contributed by atoms with van der Waals surface area (Å²) in [5.74, 6) is -3.19. The summed E-state index contributed by atoms with van der Waals surface area (Å²) in [6.45, 7) is 6.17. The Kier molecular flexibility index (Phi) is 7.68. The monoisotopic (exact) mass is 424 g/mol. The van der Waals surface area contributed by atoms with Crippen LogP contribution in [0.5, 0.6) is 0 Å². The number of aryl methyl sites for hydroxylation is 2. The van der Waals surface area contributed by atoms with E-state index in [1.54, 1.807) is 17.8 Å². The van der Waals surface area contributed by atoms with Gasteiger partial charge in [0.1, 0.15) is 0 Å². The molecule has 1 heterocycles. The van der Waals surface area contributed by atoms with Crippen LogP contribution in [0.4, 0.5) is 0 Å². The summed E-state index contributed by atoms with van der Waals surface area (Å²) in [5.41, 5.74) is 3.86. The Hall–Kier alpha value is -3.94. The molecule has 0 bridgehead atoms. The zero-order chi connectivity index (χ0) is 23.1. The molecule has 0 aliphatic rings. The molecule has 0 aliphatic heterocycles. The zero-order valence-corrected chi connectivity index (χ0v) is 17.5. The van der Waals surface area contributed by atoms with E-state index < -0.39 is 17.9 Å². The third kappa shape index (κ3) is 6.27. The number of hydrogen-bond acceptors (Lipinski definition) is 4. The molecule has 3 N–H and O–H groups in total. The summed E-state index contributed by atoms with van der Waals surface area (Å²) in [4.78, 5) is 32.3. The molecule has 3 rings (SSSR count). The highest BCUT2D eigenvalue weighted by Crippen LogP contribution is 2.18. The molecular weight excluding hydrogens is 400 g/mol. The standard InChI is InChI=1S/C12H12N2O2.C11H12O4/c1-9-2-4-10(5-3-9)8-14-7-6-11(13-14)12(15)16;1-3-7-4-8(10(12)13)5-9(6(7)2)11(14)15/h2-7H,8H2,1H3,(H,15,16);4-5H,3H2,1-2H3,(H,12,13)(H,14,15). The maximum atomic E-state index is 10.9. The summed E-state index contributed by atoms with van der Waals surface area (Å²) in [6, 6.07) is 12.3. The zero-order valence-electron chi connectivity index (χ0n) is 17.5. The van der Waals surface area contributed by atoms with Gasteiger partial charge in [0.15, 0.2) is 5.69 Å². The molecule has 1 aromatic heterocycles. The van der Waals surface area contributed by atoms with Gasteiger partial charge in [0.2, 0.25) is 0 Å². The third-order valence-corrected chi connectivity index (χ3v) is 4.70. The van der Waals surface area contributed by atoms with Crippen LogP contribution in [0.3, 0.4) is 0 Å². The van der Waals surface area contributed by atoms with E-state index in [0.717, 1.165) is 11.1 Å². The molecule has 0 unspecified atom stereocenters. The van der Waals surface area contributed by atoms with Crippen LogP contribution in [0, 0.1) is 13.8 Å². The predicted octanol–water partition coefficient (Wildman–Crippen LogP) is 3.89. The van der Waals surface area contributed by atoms with Crippen LogP contribution in [-0.2, 0) is 13.0 Å². The molecule has 0 spiro atoms. The van der Waals surface area contributed by atoms with Crippen LogP contribution >= 0.6 is 0 Å². The Morgan fingerprint density at radius 2 is 1.55 bits per heavy atom. The Morgan fingerprint density at radius 1 is 0.903 bits per heavy atom. The van der Waals surface area contributed by atoms with Gasteiger partial charge in [-0.1, -0.05) is 36.8 Å². The topological polar surface area (TPSA) is 130 Å². The maximum Gasteiger partial charge on any atom is 0.356 e. The first-order chi connectivity index (χ1) is 14.6. The first-order valence-corrected chi connectivity index (χ1v) is 9.54. The van der Waals surface area contributed by atoms with Gasteiger partial charge in [0.25, 0.3) is 0 Å². The normalized spacial score (nSPS) is 10.2. The van der Waals surface area contributed by atoms with Crippen molar-refractivity contribution in [1.82, 2.24) is 9.78 Å². The number of nitrogens with zero attached hydrogens (tertiary/aromatic N) is 2. The van der Waals surface area contributed by atoms with E-state index in [9.17, 15) is 14.4 Å². The second-order valence-electron chi connectivity index (χ2n) is 6.96. The van der Waals surface area contributed by atoms with E-state index in [0.29, 0.717) is 18.5 Å². The number of aromatic carboxylic acids is 3. The fourth-order valence-electron chi connectivity index (χ4n) is 2.93. The van der Waals surface area contributed by atoms with Crippen molar-refractivity contribution < 1.29 is 29.7 Å². The van der Waals surface area contributed by atoms with Crippen molar-refractivity contribution in [2.45, 2.75) is 33.7 Å². The lowest BCUT2D eigenvalue weighted by Gasteiger charge is -2.08. The van der Waals surface area contributed by atoms with Crippen molar-refractivity contribution >= 4 is 17.9 Å². The van der Waals surface area contributed by atoms with Crippen LogP contribution in [0.25, 0.3) is 0 Å². The van der Waals surface area contributed by atoms with Gasteiger partial charge in [-0.3, -0.25) is 4.68 Å². The van der Waals surface area contributed by atoms with Gasteiger partial charge in [-0.2, -0.15) is 5.10 Å². The molecule has 31 heavy (non-hydrogen) atoms. The Balaban J connectivity index is 0.000000221. The molecule has 0 saturated carbocycles. The smallest absolute Gasteiger partial charge is 0.356 e. The lowest BCUT2D eigenvalue weighted by Crippen LogP contribution is -2.07. The average Bonchev–Trinajstić information content (AvgIpc) is 3.19. The Morgan fingerprint density at radius 3 is 2.03 bits per heavy atom. The van der Waals surface area contributed by atoms with Crippen molar-refractivity contribution in [1.29, 1.82) is 0 Å². The minimum Gasteiger partial charge on any atom is -0.478 e. The summed E-state index contributed by atoms with van der Waals surface area (Å²) >= 11 is 0. The lowest BCUT2D eigenvalue weighted by molar-refractivity contribution is 0.0677. The van der Waals surface area contributed by atoms with E-state index in [1.165, 1.54) is 23.8 Å². The number of rotatable bonds is 6. The van der Waals surface area contributed by atoms with E-state index in [4.69, 9.17) is 15.3 Å². The molecule has 0 atom stereocenters. The largest absolute Gasteiger partial charge is 0.478 e. The molecule has 0 aliphatic carbocycles. The Bertz CT molecular complexity index is 1100. The first kappa shape index (κ1) is 23.3. The molecule has 0 radical (unpaired) electrons. The molecule has 162 valence electrons. The van der Waals surface area contributed by atoms with Crippen molar-refractivity contribution in [3.63, 3.8) is 0 Å². The second-order valence-corrected chi connectivity index (χ2v) is 6.96. The van der Waals surface area contributed by atoms with Crippen LogP contribution in [0.2, 0.25) is 0 Å². The van der Waals surface area contributed by atoms with Crippen LogP contribution < -0.4 is 0 Å². The summed E-state index contributed by atoms with van der Waals surface area (Å²) < 4.78 is 1.62. The predicted molar refractivity (Wildman–Crippen MR) is 114 cm³/mol. The highest BCUT2D eigenvalue weighted by Gasteiger charge is 2.14. The molecular formula is C23H24N2O6. The van der Waals surface area contributed by atoms with Crippen LogP contribution in [-0.4, -0.2) is 43.0 Å². The molecule has 0 fully saturated rings. The summed E-state index contributed by atoms with van der Waals surface area (Å²) in [6.07, 6.45) is 2.29. The molecule has 0 saturated heterocycles. The summed E-state index contributed by atoms with van der Waals surface area (Å²) in [7, 11) is 0. The van der Waals surface area contributed by atoms with Gasteiger partial charge in [0.05, 0.1) is 17.7 Å². The summed E-state index contributed by atoms with van der Waals surface area (Å²) in [5, 5.41) is 30.4. The lowest BCUT2D eigenvalue weighted by atomic mass is 9.97. The van der Waals surface area contributed by atoms with Crippen LogP contribution in [0.1, 0.15) is 60.4 Å². The van der Waals surface area contributed by atoms with Gasteiger partial charge in [-0.05, 0) is 55.2 Å². The average molecular weight is 424 g/mol. The van der Waals surface area contributed by atoms with Crippen LogP contribution in [0.15, 0.2) is 48.7 Å². The number of hydrogen-bond donors (Lipinski definition) is 3. The van der Waals surface area contributed by atoms with E-state index in [2.05, 4.69) is 5.10 Å². The van der Waals surface area contributed by atoms with Crippen molar-refractivity contribution in [2.75, 3.05) is 0 Å². The van der Waals surface area contributed by atoms with Crippen molar-refractivity contribution in [3.05, 3.63) is 87.7 Å². The van der Waals surface area contributed by atoms with E-state index in [-0.39, 0.29) is 16.8 Å². The molecule has 0 amide bonds. The van der Waals surface area contributed by atoms with Gasteiger partial charge in [0, 0.05) is 6.20 Å². The minimum absolute atomic E-state index is 0.0230. The number of carboxylic acids is 3. The second kappa shape index (κ2) is 10.2. The van der Waals surface area contributed by atoms with E-state index >= 15 is 0 Å². The number of aromatic nitrogens is 2. The van der Waals surface area contributed by atoms with Gasteiger partial charge in [-0.25, -0.2) is 14.4 Å². The fraction of sp³-hybridized carbons (Fsp3) is 0.217. The molecule has 8 heteroatoms. The highest BCUT2D eigenvalue weighted by atomic mass is 16.4. The molecule has 2 aromatic carbocycles. The maximum absolute atomic E-state index is 10.9. The number of benzene rings is 2. The van der Waals surface area contributed by atoms with Gasteiger partial charge < -0.3 is 15.3 Å².